The molecule has 2 heterocycles. The molecule has 4 nitrogen and oxygen atoms in total. The van der Waals surface area contributed by atoms with Crippen molar-refractivity contribution >= 4 is 17.2 Å². The number of rotatable bonds is 5. The maximum atomic E-state index is 12.9. The van der Waals surface area contributed by atoms with E-state index in [0.29, 0.717) is 6.42 Å². The van der Waals surface area contributed by atoms with Crippen LogP contribution >= 0.6 is 11.3 Å². The molecule has 0 radical (unpaired) electrons. The third-order valence-corrected chi connectivity index (χ3v) is 5.06. The molecule has 1 unspecified atom stereocenters. The Morgan fingerprint density at radius 1 is 1.42 bits per heavy atom. The Kier molecular flexibility index (Phi) is 5.51. The molecule has 1 aromatic carbocycles. The Bertz CT molecular complexity index is 670. The fourth-order valence-electron chi connectivity index (χ4n) is 3.16. The summed E-state index contributed by atoms with van der Waals surface area (Å²) in [4.78, 5) is 19.3. The van der Waals surface area contributed by atoms with E-state index in [2.05, 4.69) is 4.98 Å². The highest BCUT2D eigenvalue weighted by atomic mass is 32.1. The van der Waals surface area contributed by atoms with Gasteiger partial charge in [-0.1, -0.05) is 12.1 Å². The van der Waals surface area contributed by atoms with E-state index in [-0.39, 0.29) is 18.1 Å². The molecule has 1 aliphatic heterocycles. The minimum atomic E-state index is 0.132. The number of hydrogen-bond donors (Lipinski definition) is 0. The summed E-state index contributed by atoms with van der Waals surface area (Å²) in [5.74, 6) is 1.00. The van der Waals surface area contributed by atoms with E-state index >= 15 is 0 Å². The Balaban J connectivity index is 1.71. The van der Waals surface area contributed by atoms with Gasteiger partial charge in [-0.3, -0.25) is 4.79 Å². The van der Waals surface area contributed by atoms with E-state index in [1.165, 1.54) is 0 Å². The van der Waals surface area contributed by atoms with Crippen LogP contribution in [0.1, 0.15) is 49.7 Å². The second-order valence-electron chi connectivity index (χ2n) is 6.46. The van der Waals surface area contributed by atoms with Gasteiger partial charge in [-0.15, -0.1) is 11.3 Å². The number of thiazole rings is 1. The van der Waals surface area contributed by atoms with Gasteiger partial charge in [0, 0.05) is 18.1 Å². The van der Waals surface area contributed by atoms with E-state index in [0.717, 1.165) is 42.1 Å². The van der Waals surface area contributed by atoms with Crippen molar-refractivity contribution in [2.75, 3.05) is 6.54 Å². The predicted molar refractivity (Wildman–Crippen MR) is 96.3 cm³/mol. The molecule has 1 atom stereocenters. The standard InChI is InChI=1S/C19H24N2O2S/c1-14(2)23-16-7-5-6-15(12-16)13-18(22)21-10-4-3-8-17(21)19-20-9-11-24-19/h5-7,9,11-12,14,17H,3-4,8,10,13H2,1-2H3. The zero-order valence-corrected chi connectivity index (χ0v) is 15.1. The second-order valence-corrected chi connectivity index (χ2v) is 7.39. The lowest BCUT2D eigenvalue weighted by Crippen LogP contribution is -2.39. The van der Waals surface area contributed by atoms with Crippen LogP contribution in [0.25, 0.3) is 0 Å². The van der Waals surface area contributed by atoms with Crippen molar-refractivity contribution < 1.29 is 9.53 Å². The van der Waals surface area contributed by atoms with E-state index in [1.807, 2.05) is 54.6 Å². The van der Waals surface area contributed by atoms with Crippen LogP contribution in [0.5, 0.6) is 5.75 Å². The molecular formula is C19H24N2O2S. The van der Waals surface area contributed by atoms with Crippen LogP contribution in [0.3, 0.4) is 0 Å². The van der Waals surface area contributed by atoms with Crippen molar-refractivity contribution in [3.63, 3.8) is 0 Å². The lowest BCUT2D eigenvalue weighted by atomic mass is 10.0. The smallest absolute Gasteiger partial charge is 0.227 e. The average molecular weight is 344 g/mol. The van der Waals surface area contributed by atoms with E-state index in [9.17, 15) is 4.79 Å². The van der Waals surface area contributed by atoms with Gasteiger partial charge < -0.3 is 9.64 Å². The highest BCUT2D eigenvalue weighted by molar-refractivity contribution is 7.09. The zero-order chi connectivity index (χ0) is 16.9. The highest BCUT2D eigenvalue weighted by Crippen LogP contribution is 2.32. The summed E-state index contributed by atoms with van der Waals surface area (Å²) < 4.78 is 5.73. The van der Waals surface area contributed by atoms with Crippen molar-refractivity contribution in [3.05, 3.63) is 46.4 Å². The van der Waals surface area contributed by atoms with Gasteiger partial charge >= 0.3 is 0 Å². The largest absolute Gasteiger partial charge is 0.491 e. The summed E-state index contributed by atoms with van der Waals surface area (Å²) in [6, 6.07) is 8.00. The average Bonchev–Trinajstić information content (AvgIpc) is 3.09. The first kappa shape index (κ1) is 17.0. The highest BCUT2D eigenvalue weighted by Gasteiger charge is 2.29. The first-order valence-corrected chi connectivity index (χ1v) is 9.46. The topological polar surface area (TPSA) is 42.4 Å². The molecule has 128 valence electrons. The number of ether oxygens (including phenoxy) is 1. The zero-order valence-electron chi connectivity index (χ0n) is 14.3. The predicted octanol–water partition coefficient (Wildman–Crippen LogP) is 4.23. The van der Waals surface area contributed by atoms with Gasteiger partial charge in [0.15, 0.2) is 0 Å². The first-order valence-electron chi connectivity index (χ1n) is 8.58. The molecule has 24 heavy (non-hydrogen) atoms. The van der Waals surface area contributed by atoms with Crippen molar-refractivity contribution in [3.8, 4) is 5.75 Å². The molecule has 1 aliphatic rings. The third kappa shape index (κ3) is 4.15. The molecule has 0 spiro atoms. The number of carbonyl (C=O) groups excluding carboxylic acids is 1. The number of nitrogens with zero attached hydrogens (tertiary/aromatic N) is 2. The van der Waals surface area contributed by atoms with Gasteiger partial charge in [0.05, 0.1) is 18.6 Å². The molecule has 5 heteroatoms. The van der Waals surface area contributed by atoms with Crippen LogP contribution in [0.15, 0.2) is 35.8 Å². The summed E-state index contributed by atoms with van der Waals surface area (Å²) in [6.45, 7) is 4.83. The van der Waals surface area contributed by atoms with Gasteiger partial charge in [-0.25, -0.2) is 4.98 Å². The van der Waals surface area contributed by atoms with Gasteiger partial charge in [0.25, 0.3) is 0 Å². The summed E-state index contributed by atoms with van der Waals surface area (Å²) in [5, 5.41) is 3.04. The molecule has 0 N–H and O–H groups in total. The number of likely N-dealkylation sites (tertiary alicyclic amines) is 1. The molecule has 1 fully saturated rings. The van der Waals surface area contributed by atoms with E-state index in [4.69, 9.17) is 4.74 Å². The summed E-state index contributed by atoms with van der Waals surface area (Å²) >= 11 is 1.64. The fraction of sp³-hybridized carbons (Fsp3) is 0.474. The molecule has 1 aromatic heterocycles. The first-order chi connectivity index (χ1) is 11.6. The summed E-state index contributed by atoms with van der Waals surface area (Å²) in [7, 11) is 0. The number of piperidine rings is 1. The van der Waals surface area contributed by atoms with Crippen molar-refractivity contribution in [2.45, 2.75) is 51.7 Å². The van der Waals surface area contributed by atoms with Crippen LogP contribution in [-0.2, 0) is 11.2 Å². The summed E-state index contributed by atoms with van der Waals surface area (Å²) in [5.41, 5.74) is 1.00. The number of benzene rings is 1. The summed E-state index contributed by atoms with van der Waals surface area (Å²) in [6.07, 6.45) is 5.61. The number of hydrogen-bond acceptors (Lipinski definition) is 4. The molecule has 3 rings (SSSR count). The van der Waals surface area contributed by atoms with Crippen molar-refractivity contribution in [1.29, 1.82) is 0 Å². The SMILES string of the molecule is CC(C)Oc1cccc(CC(=O)N2CCCCC2c2nccs2)c1. The lowest BCUT2D eigenvalue weighted by Gasteiger charge is -2.34. The molecular weight excluding hydrogens is 320 g/mol. The normalized spacial score (nSPS) is 18.0. The lowest BCUT2D eigenvalue weighted by molar-refractivity contribution is -0.134. The Hall–Kier alpha value is -1.88. The van der Waals surface area contributed by atoms with Crippen LogP contribution < -0.4 is 4.74 Å². The fourth-order valence-corrected chi connectivity index (χ4v) is 3.95. The quantitative estimate of drug-likeness (QED) is 0.815. The maximum Gasteiger partial charge on any atom is 0.227 e. The molecule has 1 amide bonds. The molecule has 0 saturated carbocycles. The Labute approximate surface area is 147 Å². The second kappa shape index (κ2) is 7.79. The number of aromatic nitrogens is 1. The van der Waals surface area contributed by atoms with Crippen LogP contribution in [-0.4, -0.2) is 28.4 Å². The van der Waals surface area contributed by atoms with Crippen LogP contribution in [0.4, 0.5) is 0 Å². The van der Waals surface area contributed by atoms with Crippen LogP contribution in [0.2, 0.25) is 0 Å². The Morgan fingerprint density at radius 3 is 3.04 bits per heavy atom. The van der Waals surface area contributed by atoms with E-state index < -0.39 is 0 Å². The minimum Gasteiger partial charge on any atom is -0.491 e. The van der Waals surface area contributed by atoms with Gasteiger partial charge in [-0.05, 0) is 50.8 Å². The minimum absolute atomic E-state index is 0.132. The van der Waals surface area contributed by atoms with Gasteiger partial charge in [0.2, 0.25) is 5.91 Å². The van der Waals surface area contributed by atoms with Gasteiger partial charge in [-0.2, -0.15) is 0 Å². The third-order valence-electron chi connectivity index (χ3n) is 4.19. The van der Waals surface area contributed by atoms with E-state index in [1.54, 1.807) is 11.3 Å². The van der Waals surface area contributed by atoms with Crippen LogP contribution in [0, 0.1) is 0 Å². The molecule has 2 aromatic rings. The number of amides is 1. The van der Waals surface area contributed by atoms with Gasteiger partial charge in [0.1, 0.15) is 10.8 Å². The Morgan fingerprint density at radius 2 is 2.29 bits per heavy atom. The maximum absolute atomic E-state index is 12.9. The molecule has 0 aliphatic carbocycles. The van der Waals surface area contributed by atoms with Crippen molar-refractivity contribution in [1.82, 2.24) is 9.88 Å². The number of carbonyl (C=O) groups is 1. The monoisotopic (exact) mass is 344 g/mol. The molecule has 0 bridgehead atoms. The van der Waals surface area contributed by atoms with Crippen molar-refractivity contribution in [2.24, 2.45) is 0 Å². The molecule has 1 saturated heterocycles.